The molecule has 0 radical (unpaired) electrons. The Morgan fingerprint density at radius 2 is 2.06 bits per heavy atom. The van der Waals surface area contributed by atoms with E-state index in [0.717, 1.165) is 15.1 Å². The molecule has 0 saturated carbocycles. The zero-order valence-corrected chi connectivity index (χ0v) is 12.8. The number of hydrogen-bond acceptors (Lipinski definition) is 6. The summed E-state index contributed by atoms with van der Waals surface area (Å²) in [7, 11) is 0. The molecule has 96 valence electrons. The molecule has 1 aromatic heterocycles. The summed E-state index contributed by atoms with van der Waals surface area (Å²) in [6.07, 6.45) is 2.95. The van der Waals surface area contributed by atoms with Gasteiger partial charge >= 0.3 is 0 Å². The molecule has 0 amide bonds. The van der Waals surface area contributed by atoms with Crippen molar-refractivity contribution in [1.82, 2.24) is 10.2 Å². The van der Waals surface area contributed by atoms with Crippen molar-refractivity contribution in [2.75, 3.05) is 12.8 Å². The van der Waals surface area contributed by atoms with Crippen LogP contribution in [-0.4, -0.2) is 23.0 Å². The first kappa shape index (κ1) is 13.9. The average Bonchev–Trinajstić information content (AvgIpc) is 2.80. The first-order valence-corrected chi connectivity index (χ1v) is 8.43. The lowest BCUT2D eigenvalue weighted by Crippen LogP contribution is -2.03. The highest BCUT2D eigenvalue weighted by molar-refractivity contribution is 8.03. The lowest BCUT2D eigenvalue weighted by Gasteiger charge is -2.06. The van der Waals surface area contributed by atoms with Crippen LogP contribution in [0.4, 0.5) is 0 Å². The SMILES string of the molecule is CSc1nnc(Sc2ccc(CCN)c(C)c2)s1. The number of aromatic nitrogens is 2. The minimum atomic E-state index is 0.695. The summed E-state index contributed by atoms with van der Waals surface area (Å²) >= 11 is 4.93. The first-order chi connectivity index (χ1) is 8.72. The van der Waals surface area contributed by atoms with Crippen molar-refractivity contribution in [3.8, 4) is 0 Å². The lowest BCUT2D eigenvalue weighted by molar-refractivity contribution is 0.951. The topological polar surface area (TPSA) is 51.8 Å². The van der Waals surface area contributed by atoms with E-state index in [1.807, 2.05) is 6.26 Å². The normalized spacial score (nSPS) is 10.8. The van der Waals surface area contributed by atoms with E-state index >= 15 is 0 Å². The van der Waals surface area contributed by atoms with Crippen molar-refractivity contribution >= 4 is 34.9 Å². The van der Waals surface area contributed by atoms with Gasteiger partial charge in [0, 0.05) is 4.90 Å². The molecule has 1 heterocycles. The summed E-state index contributed by atoms with van der Waals surface area (Å²) < 4.78 is 2.00. The molecular weight excluding hydrogens is 282 g/mol. The Labute approximate surface area is 120 Å². The van der Waals surface area contributed by atoms with E-state index in [2.05, 4.69) is 35.3 Å². The molecule has 3 nitrogen and oxygen atoms in total. The summed E-state index contributed by atoms with van der Waals surface area (Å²) in [5, 5.41) is 8.26. The highest BCUT2D eigenvalue weighted by Gasteiger charge is 2.06. The molecule has 2 N–H and O–H groups in total. The second-order valence-electron chi connectivity index (χ2n) is 3.77. The van der Waals surface area contributed by atoms with Crippen LogP contribution in [0.2, 0.25) is 0 Å². The van der Waals surface area contributed by atoms with Crippen molar-refractivity contribution < 1.29 is 0 Å². The molecule has 0 bridgehead atoms. The Bertz CT molecular complexity index is 525. The number of benzene rings is 1. The van der Waals surface area contributed by atoms with Crippen molar-refractivity contribution in [1.29, 1.82) is 0 Å². The summed E-state index contributed by atoms with van der Waals surface area (Å²) in [5.41, 5.74) is 8.20. The maximum absolute atomic E-state index is 5.58. The Balaban J connectivity index is 2.12. The van der Waals surface area contributed by atoms with Crippen LogP contribution in [0, 0.1) is 6.92 Å². The third-order valence-electron chi connectivity index (χ3n) is 2.50. The lowest BCUT2D eigenvalue weighted by atomic mass is 10.1. The van der Waals surface area contributed by atoms with Gasteiger partial charge < -0.3 is 5.73 Å². The van der Waals surface area contributed by atoms with Crippen LogP contribution in [0.15, 0.2) is 31.8 Å². The fourth-order valence-corrected chi connectivity index (χ4v) is 4.10. The fraction of sp³-hybridized carbons (Fsp3) is 0.333. The van der Waals surface area contributed by atoms with Crippen LogP contribution in [-0.2, 0) is 6.42 Å². The summed E-state index contributed by atoms with van der Waals surface area (Å²) in [6, 6.07) is 6.47. The average molecular weight is 297 g/mol. The Hall–Kier alpha value is -0.560. The number of nitrogens with zero attached hydrogens (tertiary/aromatic N) is 2. The van der Waals surface area contributed by atoms with E-state index in [9.17, 15) is 0 Å². The van der Waals surface area contributed by atoms with Crippen LogP contribution in [0.25, 0.3) is 0 Å². The van der Waals surface area contributed by atoms with E-state index in [1.54, 1.807) is 34.9 Å². The highest BCUT2D eigenvalue weighted by Crippen LogP contribution is 2.33. The maximum Gasteiger partial charge on any atom is 0.179 e. The molecule has 0 saturated heterocycles. The van der Waals surface area contributed by atoms with Gasteiger partial charge in [0.15, 0.2) is 8.68 Å². The van der Waals surface area contributed by atoms with Crippen LogP contribution >= 0.6 is 34.9 Å². The van der Waals surface area contributed by atoms with Crippen LogP contribution in [0.3, 0.4) is 0 Å². The molecule has 1 aromatic carbocycles. The summed E-state index contributed by atoms with van der Waals surface area (Å²) in [4.78, 5) is 1.21. The van der Waals surface area contributed by atoms with Crippen molar-refractivity contribution in [3.05, 3.63) is 29.3 Å². The Morgan fingerprint density at radius 1 is 1.28 bits per heavy atom. The number of rotatable bonds is 5. The van der Waals surface area contributed by atoms with Gasteiger partial charge in [-0.25, -0.2) is 0 Å². The van der Waals surface area contributed by atoms with Crippen molar-refractivity contribution in [2.45, 2.75) is 26.9 Å². The van der Waals surface area contributed by atoms with Gasteiger partial charge in [0.1, 0.15) is 0 Å². The largest absolute Gasteiger partial charge is 0.330 e. The number of thioether (sulfide) groups is 1. The second-order valence-corrected chi connectivity index (χ2v) is 7.12. The summed E-state index contributed by atoms with van der Waals surface area (Å²) in [5.74, 6) is 0. The van der Waals surface area contributed by atoms with Gasteiger partial charge in [-0.15, -0.1) is 10.2 Å². The molecule has 6 heteroatoms. The van der Waals surface area contributed by atoms with Gasteiger partial charge in [0.25, 0.3) is 0 Å². The van der Waals surface area contributed by atoms with Gasteiger partial charge in [-0.05, 0) is 49.4 Å². The zero-order valence-electron chi connectivity index (χ0n) is 10.3. The fourth-order valence-electron chi connectivity index (χ4n) is 1.59. The highest BCUT2D eigenvalue weighted by atomic mass is 32.2. The molecule has 2 aromatic rings. The van der Waals surface area contributed by atoms with Crippen LogP contribution in [0.1, 0.15) is 11.1 Å². The third-order valence-corrected chi connectivity index (χ3v) is 5.43. The smallest absolute Gasteiger partial charge is 0.179 e. The van der Waals surface area contributed by atoms with E-state index in [4.69, 9.17) is 5.73 Å². The first-order valence-electron chi connectivity index (χ1n) is 5.58. The number of hydrogen-bond donors (Lipinski definition) is 1. The number of nitrogens with two attached hydrogens (primary N) is 1. The van der Waals surface area contributed by atoms with Gasteiger partial charge in [-0.1, -0.05) is 40.9 Å². The standard InChI is InChI=1S/C12H15N3S3/c1-8-7-10(4-3-9(8)5-6-13)17-12-15-14-11(16-2)18-12/h3-4,7H,5-6,13H2,1-2H3. The number of aryl methyl sites for hydroxylation is 1. The molecular formula is C12H15N3S3. The maximum atomic E-state index is 5.58. The third kappa shape index (κ3) is 3.47. The molecule has 0 fully saturated rings. The van der Waals surface area contributed by atoms with Gasteiger partial charge in [-0.3, -0.25) is 0 Å². The Kier molecular flexibility index (Phi) is 5.05. The van der Waals surface area contributed by atoms with E-state index in [1.165, 1.54) is 16.0 Å². The van der Waals surface area contributed by atoms with E-state index in [0.29, 0.717) is 6.54 Å². The molecule has 0 unspecified atom stereocenters. The van der Waals surface area contributed by atoms with Gasteiger partial charge in [0.05, 0.1) is 0 Å². The van der Waals surface area contributed by atoms with Gasteiger partial charge in [-0.2, -0.15) is 0 Å². The predicted molar refractivity (Wildman–Crippen MR) is 79.8 cm³/mol. The quantitative estimate of drug-likeness (QED) is 0.859. The van der Waals surface area contributed by atoms with E-state index < -0.39 is 0 Å². The Morgan fingerprint density at radius 3 is 2.67 bits per heavy atom. The van der Waals surface area contributed by atoms with Crippen LogP contribution in [0.5, 0.6) is 0 Å². The second kappa shape index (κ2) is 6.56. The monoisotopic (exact) mass is 297 g/mol. The minimum Gasteiger partial charge on any atom is -0.330 e. The molecule has 0 aliphatic rings. The molecule has 0 aliphatic heterocycles. The summed E-state index contributed by atoms with van der Waals surface area (Å²) in [6.45, 7) is 2.82. The molecule has 18 heavy (non-hydrogen) atoms. The van der Waals surface area contributed by atoms with Crippen molar-refractivity contribution in [3.63, 3.8) is 0 Å². The molecule has 2 rings (SSSR count). The minimum absolute atomic E-state index is 0.695. The molecule has 0 atom stereocenters. The van der Waals surface area contributed by atoms with Crippen LogP contribution < -0.4 is 5.73 Å². The predicted octanol–water partition coefficient (Wildman–Crippen LogP) is 3.22. The van der Waals surface area contributed by atoms with Gasteiger partial charge in [0.2, 0.25) is 0 Å². The zero-order chi connectivity index (χ0) is 13.0. The molecule has 0 aliphatic carbocycles. The molecule has 0 spiro atoms. The van der Waals surface area contributed by atoms with E-state index in [-0.39, 0.29) is 0 Å². The van der Waals surface area contributed by atoms with Crippen molar-refractivity contribution in [2.24, 2.45) is 5.73 Å².